The van der Waals surface area contributed by atoms with Crippen LogP contribution >= 0.6 is 11.6 Å². The highest BCUT2D eigenvalue weighted by Gasteiger charge is 2.32. The third kappa shape index (κ3) is 4.81. The number of benzene rings is 1. The van der Waals surface area contributed by atoms with Crippen LogP contribution in [0.3, 0.4) is 0 Å². The lowest BCUT2D eigenvalue weighted by Crippen LogP contribution is -2.37. The topological polar surface area (TPSA) is 71.2 Å². The van der Waals surface area contributed by atoms with Crippen molar-refractivity contribution in [2.75, 3.05) is 6.54 Å². The summed E-state index contributed by atoms with van der Waals surface area (Å²) in [5, 5.41) is 14.3. The summed E-state index contributed by atoms with van der Waals surface area (Å²) in [4.78, 5) is 15.4. The Morgan fingerprint density at radius 2 is 2.00 bits per heavy atom. The Morgan fingerprint density at radius 1 is 1.26 bits per heavy atom. The molecule has 0 bridgehead atoms. The Labute approximate surface area is 207 Å². The standard InChI is InChI=1S/C27H35ClN4O2/c1-5-18(4)19-6-9-22(10-7-19)32-23-12-13-31(16-21(23)15-30-32)27(33)25-24(34-17(2)3)11-8-20(14-29)26(25)28/h8,11,15,17-19,22H,5-7,9-10,12-13,16H2,1-4H3. The minimum Gasteiger partial charge on any atom is -0.490 e. The minimum atomic E-state index is -0.204. The van der Waals surface area contributed by atoms with E-state index in [1.807, 2.05) is 20.0 Å². The number of hydrogen-bond donors (Lipinski definition) is 0. The molecule has 2 heterocycles. The van der Waals surface area contributed by atoms with Crippen molar-refractivity contribution in [3.8, 4) is 11.8 Å². The molecule has 34 heavy (non-hydrogen) atoms. The molecular formula is C27H35ClN4O2. The summed E-state index contributed by atoms with van der Waals surface area (Å²) in [6.45, 7) is 9.55. The Morgan fingerprint density at radius 3 is 2.65 bits per heavy atom. The van der Waals surface area contributed by atoms with Crippen molar-refractivity contribution < 1.29 is 9.53 Å². The van der Waals surface area contributed by atoms with Crippen LogP contribution in [0.5, 0.6) is 5.75 Å². The van der Waals surface area contributed by atoms with E-state index in [4.69, 9.17) is 21.4 Å². The molecule has 7 heteroatoms. The number of fused-ring (bicyclic) bond motifs is 1. The van der Waals surface area contributed by atoms with Crippen LogP contribution < -0.4 is 4.74 Å². The molecule has 0 spiro atoms. The molecule has 1 fully saturated rings. The summed E-state index contributed by atoms with van der Waals surface area (Å²) < 4.78 is 8.10. The van der Waals surface area contributed by atoms with Gasteiger partial charge in [0.1, 0.15) is 17.4 Å². The maximum Gasteiger partial charge on any atom is 0.259 e. The zero-order valence-corrected chi connectivity index (χ0v) is 21.4. The highest BCUT2D eigenvalue weighted by atomic mass is 35.5. The molecule has 0 N–H and O–H groups in total. The van der Waals surface area contributed by atoms with E-state index in [2.05, 4.69) is 24.6 Å². The Kier molecular flexibility index (Phi) is 7.52. The zero-order valence-electron chi connectivity index (χ0n) is 20.7. The van der Waals surface area contributed by atoms with Gasteiger partial charge in [0.05, 0.1) is 28.9 Å². The quantitative estimate of drug-likeness (QED) is 0.493. The lowest BCUT2D eigenvalue weighted by Gasteiger charge is -2.34. The summed E-state index contributed by atoms with van der Waals surface area (Å²) in [5.41, 5.74) is 2.90. The van der Waals surface area contributed by atoms with Gasteiger partial charge in [-0.05, 0) is 63.5 Å². The van der Waals surface area contributed by atoms with Crippen LogP contribution in [0.1, 0.15) is 93.0 Å². The summed E-state index contributed by atoms with van der Waals surface area (Å²) in [6, 6.07) is 5.80. The number of halogens is 1. The summed E-state index contributed by atoms with van der Waals surface area (Å²) in [6.07, 6.45) is 8.72. The lowest BCUT2D eigenvalue weighted by molar-refractivity contribution is 0.0726. The average Bonchev–Trinajstić information content (AvgIpc) is 3.26. The van der Waals surface area contributed by atoms with Crippen molar-refractivity contribution in [2.24, 2.45) is 11.8 Å². The first-order valence-electron chi connectivity index (χ1n) is 12.6. The number of rotatable bonds is 6. The SMILES string of the molecule is CCC(C)C1CCC(n2ncc3c2CCN(C(=O)c2c(OC(C)C)ccc(C#N)c2Cl)C3)CC1. The van der Waals surface area contributed by atoms with E-state index in [0.717, 1.165) is 23.8 Å². The van der Waals surface area contributed by atoms with Gasteiger partial charge in [0.15, 0.2) is 0 Å². The summed E-state index contributed by atoms with van der Waals surface area (Å²) >= 11 is 6.50. The molecule has 2 aliphatic rings. The van der Waals surface area contributed by atoms with Crippen LogP contribution in [0.4, 0.5) is 0 Å². The Hall–Kier alpha value is -2.52. The van der Waals surface area contributed by atoms with Crippen LogP contribution in [-0.4, -0.2) is 33.2 Å². The molecule has 1 aliphatic heterocycles. The Bertz CT molecular complexity index is 1080. The molecule has 1 aliphatic carbocycles. The van der Waals surface area contributed by atoms with Crippen LogP contribution in [0, 0.1) is 23.2 Å². The second-order valence-electron chi connectivity index (χ2n) is 10.1. The van der Waals surface area contributed by atoms with Gasteiger partial charge in [-0.3, -0.25) is 9.48 Å². The van der Waals surface area contributed by atoms with E-state index < -0.39 is 0 Å². The molecule has 1 amide bonds. The van der Waals surface area contributed by atoms with Crippen molar-refractivity contribution >= 4 is 17.5 Å². The highest BCUT2D eigenvalue weighted by Crippen LogP contribution is 2.38. The van der Waals surface area contributed by atoms with E-state index >= 15 is 0 Å². The van der Waals surface area contributed by atoms with Gasteiger partial charge in [-0.25, -0.2) is 0 Å². The van der Waals surface area contributed by atoms with Gasteiger partial charge in [0, 0.05) is 30.8 Å². The monoisotopic (exact) mass is 482 g/mol. The average molecular weight is 483 g/mol. The molecule has 182 valence electrons. The van der Waals surface area contributed by atoms with E-state index in [-0.39, 0.29) is 28.2 Å². The molecule has 1 aromatic carbocycles. The number of nitriles is 1. The molecule has 6 nitrogen and oxygen atoms in total. The lowest BCUT2D eigenvalue weighted by atomic mass is 9.78. The van der Waals surface area contributed by atoms with E-state index in [1.165, 1.54) is 37.8 Å². The molecule has 1 saturated carbocycles. The Balaban J connectivity index is 1.52. The minimum absolute atomic E-state index is 0.114. The maximum atomic E-state index is 13.6. The smallest absolute Gasteiger partial charge is 0.259 e. The summed E-state index contributed by atoms with van der Waals surface area (Å²) in [5.74, 6) is 1.84. The van der Waals surface area contributed by atoms with E-state index in [0.29, 0.717) is 24.9 Å². The third-order valence-electron chi connectivity index (χ3n) is 7.59. The molecule has 0 radical (unpaired) electrons. The van der Waals surface area contributed by atoms with Gasteiger partial charge < -0.3 is 9.64 Å². The van der Waals surface area contributed by atoms with Crippen molar-refractivity contribution in [3.05, 3.63) is 45.7 Å². The molecule has 1 unspecified atom stereocenters. The number of hydrogen-bond acceptors (Lipinski definition) is 4. The van der Waals surface area contributed by atoms with Crippen molar-refractivity contribution in [3.63, 3.8) is 0 Å². The second kappa shape index (κ2) is 10.4. The fraction of sp³-hybridized carbons (Fsp3) is 0.593. The van der Waals surface area contributed by atoms with E-state index in [1.54, 1.807) is 17.0 Å². The number of ether oxygens (including phenoxy) is 1. The van der Waals surface area contributed by atoms with Crippen molar-refractivity contribution in [2.45, 2.75) is 84.9 Å². The van der Waals surface area contributed by atoms with Crippen LogP contribution in [-0.2, 0) is 13.0 Å². The van der Waals surface area contributed by atoms with E-state index in [9.17, 15) is 10.1 Å². The zero-order chi connectivity index (χ0) is 24.4. The van der Waals surface area contributed by atoms with Gasteiger partial charge in [0.2, 0.25) is 0 Å². The number of carbonyl (C=O) groups is 1. The first kappa shape index (κ1) is 24.6. The highest BCUT2D eigenvalue weighted by molar-refractivity contribution is 6.35. The van der Waals surface area contributed by atoms with Crippen LogP contribution in [0.15, 0.2) is 18.3 Å². The molecule has 1 atom stereocenters. The van der Waals surface area contributed by atoms with Gasteiger partial charge in [-0.15, -0.1) is 0 Å². The number of amides is 1. The van der Waals surface area contributed by atoms with Gasteiger partial charge >= 0.3 is 0 Å². The number of nitrogens with zero attached hydrogens (tertiary/aromatic N) is 4. The van der Waals surface area contributed by atoms with Gasteiger partial charge in [-0.2, -0.15) is 10.4 Å². The molecular weight excluding hydrogens is 448 g/mol. The van der Waals surface area contributed by atoms with Crippen LogP contribution in [0.2, 0.25) is 5.02 Å². The normalized spacial score (nSPS) is 21.1. The molecule has 0 saturated heterocycles. The number of carbonyl (C=O) groups excluding carboxylic acids is 1. The largest absolute Gasteiger partial charge is 0.490 e. The fourth-order valence-corrected chi connectivity index (χ4v) is 5.73. The van der Waals surface area contributed by atoms with Crippen molar-refractivity contribution in [1.29, 1.82) is 5.26 Å². The second-order valence-corrected chi connectivity index (χ2v) is 10.4. The first-order chi connectivity index (χ1) is 16.3. The van der Waals surface area contributed by atoms with Crippen LogP contribution in [0.25, 0.3) is 0 Å². The predicted molar refractivity (Wildman–Crippen MR) is 133 cm³/mol. The third-order valence-corrected chi connectivity index (χ3v) is 7.98. The fourth-order valence-electron chi connectivity index (χ4n) is 5.45. The van der Waals surface area contributed by atoms with Gasteiger partial charge in [0.25, 0.3) is 5.91 Å². The molecule has 2 aromatic rings. The number of aromatic nitrogens is 2. The summed E-state index contributed by atoms with van der Waals surface area (Å²) in [7, 11) is 0. The maximum absolute atomic E-state index is 13.6. The predicted octanol–water partition coefficient (Wildman–Crippen LogP) is 6.17. The van der Waals surface area contributed by atoms with Crippen molar-refractivity contribution in [1.82, 2.24) is 14.7 Å². The molecule has 1 aromatic heterocycles. The molecule has 4 rings (SSSR count). The first-order valence-corrected chi connectivity index (χ1v) is 13.0. The van der Waals surface area contributed by atoms with Gasteiger partial charge in [-0.1, -0.05) is 31.9 Å².